The van der Waals surface area contributed by atoms with Crippen LogP contribution in [0, 0.1) is 15.9 Å². The molecule has 0 radical (unpaired) electrons. The molecule has 2 aliphatic rings. The standard InChI is InChI=1S/C24H23FN6O5/c1-14-12-28(8-9-30(14)27-26-16-4-2-15(25)3-5-16)21-11-20-18(10-22(21)31(35)36)23(32)19(24(33)34)13-29(20)17-6-7-17/h2-5,10-11,13-14,17H,6-9,12H2,1H3,(H,33,34)/t14-/m0/s1. The molecule has 1 saturated heterocycles. The second-order valence-corrected chi connectivity index (χ2v) is 9.05. The molecule has 2 fully saturated rings. The summed E-state index contributed by atoms with van der Waals surface area (Å²) in [6.45, 7) is 3.19. The molecule has 1 N–H and O–H groups in total. The number of carbonyl (C=O) groups is 1. The van der Waals surface area contributed by atoms with Gasteiger partial charge in [0.25, 0.3) is 5.69 Å². The molecule has 3 aromatic rings. The van der Waals surface area contributed by atoms with E-state index in [9.17, 15) is 29.2 Å². The Kier molecular flexibility index (Phi) is 5.86. The molecular weight excluding hydrogens is 471 g/mol. The van der Waals surface area contributed by atoms with Crippen LogP contribution in [-0.2, 0) is 0 Å². The summed E-state index contributed by atoms with van der Waals surface area (Å²) in [7, 11) is 0. The first kappa shape index (κ1) is 23.4. The Labute approximate surface area is 204 Å². The third-order valence-electron chi connectivity index (χ3n) is 6.53. The van der Waals surface area contributed by atoms with Crippen LogP contribution in [0.5, 0.6) is 0 Å². The lowest BCUT2D eigenvalue weighted by Gasteiger charge is -2.38. The van der Waals surface area contributed by atoms with Gasteiger partial charge in [0.05, 0.1) is 34.1 Å². The first-order valence-corrected chi connectivity index (χ1v) is 11.5. The van der Waals surface area contributed by atoms with E-state index in [-0.39, 0.29) is 29.0 Å². The minimum Gasteiger partial charge on any atom is -0.477 e. The molecule has 0 unspecified atom stereocenters. The van der Waals surface area contributed by atoms with E-state index < -0.39 is 21.9 Å². The molecular formula is C24H23FN6O5. The molecule has 12 heteroatoms. The maximum Gasteiger partial charge on any atom is 0.341 e. The van der Waals surface area contributed by atoms with Crippen LogP contribution in [0.2, 0.25) is 0 Å². The van der Waals surface area contributed by atoms with E-state index in [2.05, 4.69) is 10.3 Å². The van der Waals surface area contributed by atoms with E-state index in [0.717, 1.165) is 12.8 Å². The van der Waals surface area contributed by atoms with Gasteiger partial charge in [-0.15, -0.1) is 5.11 Å². The largest absolute Gasteiger partial charge is 0.477 e. The van der Waals surface area contributed by atoms with Gasteiger partial charge in [0, 0.05) is 31.4 Å². The quantitative estimate of drug-likeness (QED) is 0.307. The monoisotopic (exact) mass is 494 g/mol. The number of carboxylic acid groups (broad SMARTS) is 1. The van der Waals surface area contributed by atoms with Crippen LogP contribution in [-0.4, -0.2) is 51.3 Å². The van der Waals surface area contributed by atoms with E-state index in [0.29, 0.717) is 36.5 Å². The Balaban J connectivity index is 1.49. The number of fused-ring (bicyclic) bond motifs is 1. The number of hydrogen-bond acceptors (Lipinski definition) is 7. The lowest BCUT2D eigenvalue weighted by atomic mass is 10.1. The SMILES string of the molecule is C[C@H]1CN(c2cc3c(cc2[N+](=O)[O-])c(=O)c(C(=O)O)cn3C2CC2)CCN1N=Nc1ccc(F)cc1. The molecule has 2 heterocycles. The number of pyridine rings is 1. The first-order chi connectivity index (χ1) is 17.2. The zero-order valence-corrected chi connectivity index (χ0v) is 19.4. The van der Waals surface area contributed by atoms with Gasteiger partial charge in [-0.2, -0.15) is 0 Å². The first-order valence-electron chi connectivity index (χ1n) is 11.5. The summed E-state index contributed by atoms with van der Waals surface area (Å²) >= 11 is 0. The number of nitrogens with zero attached hydrogens (tertiary/aromatic N) is 6. The van der Waals surface area contributed by atoms with Crippen molar-refractivity contribution in [1.29, 1.82) is 0 Å². The highest BCUT2D eigenvalue weighted by atomic mass is 19.1. The number of nitro groups is 1. The molecule has 1 atom stereocenters. The molecule has 36 heavy (non-hydrogen) atoms. The number of benzene rings is 2. The highest BCUT2D eigenvalue weighted by molar-refractivity contribution is 5.95. The number of carboxylic acids is 1. The van der Waals surface area contributed by atoms with Crippen molar-refractivity contribution in [2.45, 2.75) is 31.8 Å². The zero-order valence-electron chi connectivity index (χ0n) is 19.4. The van der Waals surface area contributed by atoms with Gasteiger partial charge in [-0.1, -0.05) is 5.22 Å². The molecule has 0 bridgehead atoms. The predicted octanol–water partition coefficient (Wildman–Crippen LogP) is 4.29. The summed E-state index contributed by atoms with van der Waals surface area (Å²) in [5.41, 5.74) is -0.0211. The molecule has 0 amide bonds. The Morgan fingerprint density at radius 3 is 2.53 bits per heavy atom. The Hall–Kier alpha value is -4.35. The van der Waals surface area contributed by atoms with Gasteiger partial charge in [0.15, 0.2) is 0 Å². The zero-order chi connectivity index (χ0) is 25.6. The number of rotatable bonds is 6. The lowest BCUT2D eigenvalue weighted by molar-refractivity contribution is -0.384. The molecule has 1 saturated carbocycles. The number of hydrogen-bond donors (Lipinski definition) is 1. The van der Waals surface area contributed by atoms with E-state index in [1.165, 1.54) is 36.5 Å². The van der Waals surface area contributed by atoms with Crippen molar-refractivity contribution in [2.75, 3.05) is 24.5 Å². The van der Waals surface area contributed by atoms with Gasteiger partial charge in [0.2, 0.25) is 5.43 Å². The van der Waals surface area contributed by atoms with E-state index in [1.807, 2.05) is 11.8 Å². The second-order valence-electron chi connectivity index (χ2n) is 9.05. The van der Waals surface area contributed by atoms with Crippen molar-refractivity contribution in [3.05, 3.63) is 74.3 Å². The van der Waals surface area contributed by atoms with Crippen molar-refractivity contribution in [3.8, 4) is 0 Å². The molecule has 1 aliphatic heterocycles. The van der Waals surface area contributed by atoms with Crippen molar-refractivity contribution in [3.63, 3.8) is 0 Å². The second kappa shape index (κ2) is 9.02. The average Bonchev–Trinajstić information content (AvgIpc) is 3.69. The molecule has 2 aromatic carbocycles. The number of piperazine rings is 1. The Morgan fingerprint density at radius 1 is 1.19 bits per heavy atom. The fourth-order valence-electron chi connectivity index (χ4n) is 4.50. The third-order valence-corrected chi connectivity index (χ3v) is 6.53. The summed E-state index contributed by atoms with van der Waals surface area (Å²) in [5.74, 6) is -1.72. The van der Waals surface area contributed by atoms with Crippen molar-refractivity contribution in [1.82, 2.24) is 9.58 Å². The number of anilines is 1. The maximum absolute atomic E-state index is 13.1. The van der Waals surface area contributed by atoms with Crippen LogP contribution in [0.25, 0.3) is 10.9 Å². The van der Waals surface area contributed by atoms with Crippen LogP contribution < -0.4 is 10.3 Å². The molecule has 1 aliphatic carbocycles. The Bertz CT molecular complexity index is 1450. The maximum atomic E-state index is 13.1. The van der Waals surface area contributed by atoms with Crippen LogP contribution in [0.3, 0.4) is 0 Å². The summed E-state index contributed by atoms with van der Waals surface area (Å²) in [5, 5.41) is 31.7. The molecule has 11 nitrogen and oxygen atoms in total. The number of halogens is 1. The van der Waals surface area contributed by atoms with Gasteiger partial charge in [-0.25, -0.2) is 9.18 Å². The van der Waals surface area contributed by atoms with Crippen molar-refractivity contribution in [2.24, 2.45) is 10.3 Å². The van der Waals surface area contributed by atoms with E-state index in [4.69, 9.17) is 0 Å². The summed E-state index contributed by atoms with van der Waals surface area (Å²) < 4.78 is 14.9. The fraction of sp³-hybridized carbons (Fsp3) is 0.333. The minimum atomic E-state index is -1.36. The average molecular weight is 494 g/mol. The normalized spacial score (nSPS) is 18.2. The fourth-order valence-corrected chi connectivity index (χ4v) is 4.50. The highest BCUT2D eigenvalue weighted by Crippen LogP contribution is 2.40. The van der Waals surface area contributed by atoms with Crippen LogP contribution in [0.1, 0.15) is 36.2 Å². The van der Waals surface area contributed by atoms with Crippen LogP contribution >= 0.6 is 0 Å². The summed E-state index contributed by atoms with van der Waals surface area (Å²) in [4.78, 5) is 37.8. The predicted molar refractivity (Wildman–Crippen MR) is 129 cm³/mol. The number of aromatic carboxylic acids is 1. The van der Waals surface area contributed by atoms with Crippen LogP contribution in [0.4, 0.5) is 21.5 Å². The van der Waals surface area contributed by atoms with Gasteiger partial charge >= 0.3 is 5.97 Å². The highest BCUT2D eigenvalue weighted by Gasteiger charge is 2.32. The van der Waals surface area contributed by atoms with Gasteiger partial charge < -0.3 is 14.6 Å². The lowest BCUT2D eigenvalue weighted by Crippen LogP contribution is -2.49. The van der Waals surface area contributed by atoms with Crippen molar-refractivity contribution >= 4 is 33.9 Å². The number of nitro benzene ring substituents is 1. The number of aromatic nitrogens is 1. The van der Waals surface area contributed by atoms with Gasteiger partial charge in [-0.05, 0) is 50.1 Å². The van der Waals surface area contributed by atoms with Crippen LogP contribution in [0.15, 0.2) is 57.7 Å². The molecule has 186 valence electrons. The molecule has 1 aromatic heterocycles. The van der Waals surface area contributed by atoms with Gasteiger partial charge in [0.1, 0.15) is 17.1 Å². The van der Waals surface area contributed by atoms with Gasteiger partial charge in [-0.3, -0.25) is 19.9 Å². The molecule has 5 rings (SSSR count). The molecule has 0 spiro atoms. The van der Waals surface area contributed by atoms with E-state index in [1.54, 1.807) is 15.6 Å². The van der Waals surface area contributed by atoms with Crippen molar-refractivity contribution < 1.29 is 19.2 Å². The minimum absolute atomic E-state index is 0.0250. The third kappa shape index (κ3) is 4.37. The topological polar surface area (TPSA) is 134 Å². The van der Waals surface area contributed by atoms with E-state index >= 15 is 0 Å². The summed E-state index contributed by atoms with van der Waals surface area (Å²) in [6.07, 6.45) is 3.03. The Morgan fingerprint density at radius 2 is 1.92 bits per heavy atom. The smallest absolute Gasteiger partial charge is 0.341 e. The summed E-state index contributed by atoms with van der Waals surface area (Å²) in [6, 6.07) is 8.39.